The molecule has 1 unspecified atom stereocenters. The van der Waals surface area contributed by atoms with E-state index in [9.17, 15) is 4.79 Å². The predicted molar refractivity (Wildman–Crippen MR) is 150 cm³/mol. The van der Waals surface area contributed by atoms with Gasteiger partial charge in [0.15, 0.2) is 5.69 Å². The van der Waals surface area contributed by atoms with Crippen molar-refractivity contribution in [1.82, 2.24) is 9.55 Å². The fourth-order valence-electron chi connectivity index (χ4n) is 5.25. The lowest BCUT2D eigenvalue weighted by molar-refractivity contribution is 0.0989. The Morgan fingerprint density at radius 2 is 1.62 bits per heavy atom. The van der Waals surface area contributed by atoms with Crippen molar-refractivity contribution < 1.29 is 9.53 Å². The molecule has 7 heteroatoms. The van der Waals surface area contributed by atoms with E-state index in [2.05, 4.69) is 24.5 Å². The Labute approximate surface area is 227 Å². The van der Waals surface area contributed by atoms with Crippen LogP contribution in [0.15, 0.2) is 54.6 Å². The van der Waals surface area contributed by atoms with Gasteiger partial charge in [0.05, 0.1) is 18.4 Å². The topological polar surface area (TPSA) is 47.4 Å². The standard InChI is InChI=1S/C30H29Cl2N3O2/c1-16(2)34-28-26(33-29(34)23-13-17(3)7-12-25(23)37-6)30(36)35(24-15-21(32)9-8-18(24)4)27(28)22-11-10-20(31)14-19(22)5/h7-16,27H,1-6H3. The van der Waals surface area contributed by atoms with Crippen LogP contribution in [0.4, 0.5) is 5.69 Å². The Hall–Kier alpha value is -3.28. The molecular formula is C30H29Cl2N3O2. The minimum Gasteiger partial charge on any atom is -0.496 e. The molecule has 0 aliphatic carbocycles. The number of aromatic nitrogens is 2. The summed E-state index contributed by atoms with van der Waals surface area (Å²) >= 11 is 12.8. The van der Waals surface area contributed by atoms with Gasteiger partial charge in [0.2, 0.25) is 0 Å². The number of ether oxygens (including phenoxy) is 1. The van der Waals surface area contributed by atoms with Gasteiger partial charge < -0.3 is 9.30 Å². The maximum Gasteiger partial charge on any atom is 0.279 e. The molecule has 0 bridgehead atoms. The van der Waals surface area contributed by atoms with Gasteiger partial charge in [0.1, 0.15) is 17.6 Å². The van der Waals surface area contributed by atoms with Crippen molar-refractivity contribution >= 4 is 34.8 Å². The highest BCUT2D eigenvalue weighted by Gasteiger charge is 2.45. The van der Waals surface area contributed by atoms with Crippen molar-refractivity contribution in [2.75, 3.05) is 12.0 Å². The van der Waals surface area contributed by atoms with Crippen molar-refractivity contribution in [3.05, 3.63) is 98.3 Å². The van der Waals surface area contributed by atoms with Crippen molar-refractivity contribution in [2.24, 2.45) is 0 Å². The van der Waals surface area contributed by atoms with E-state index in [1.54, 1.807) is 7.11 Å². The fraction of sp³-hybridized carbons (Fsp3) is 0.267. The van der Waals surface area contributed by atoms with Crippen LogP contribution in [0.25, 0.3) is 11.4 Å². The van der Waals surface area contributed by atoms with Gasteiger partial charge in [0.25, 0.3) is 5.91 Å². The number of hydrogen-bond donors (Lipinski definition) is 0. The quantitative estimate of drug-likeness (QED) is 0.260. The van der Waals surface area contributed by atoms with E-state index < -0.39 is 6.04 Å². The van der Waals surface area contributed by atoms with E-state index >= 15 is 0 Å². The van der Waals surface area contributed by atoms with Crippen molar-refractivity contribution in [2.45, 2.75) is 46.7 Å². The summed E-state index contributed by atoms with van der Waals surface area (Å²) in [4.78, 5) is 21.0. The lowest BCUT2D eigenvalue weighted by Gasteiger charge is -2.30. The van der Waals surface area contributed by atoms with Gasteiger partial charge in [-0.3, -0.25) is 9.69 Å². The number of imidazole rings is 1. The molecule has 3 aromatic carbocycles. The second-order valence-electron chi connectivity index (χ2n) is 9.85. The zero-order valence-corrected chi connectivity index (χ0v) is 23.3. The zero-order valence-electron chi connectivity index (χ0n) is 21.8. The molecule has 1 amide bonds. The van der Waals surface area contributed by atoms with Crippen LogP contribution < -0.4 is 9.64 Å². The molecule has 1 aliphatic rings. The number of aryl methyl sites for hydroxylation is 3. The van der Waals surface area contributed by atoms with Crippen LogP contribution in [0, 0.1) is 20.8 Å². The molecule has 2 heterocycles. The number of anilines is 1. The number of amides is 1. The van der Waals surface area contributed by atoms with Gasteiger partial charge in [0, 0.05) is 21.8 Å². The Kier molecular flexibility index (Phi) is 6.55. The summed E-state index contributed by atoms with van der Waals surface area (Å²) < 4.78 is 7.87. The number of fused-ring (bicyclic) bond motifs is 1. The first-order valence-corrected chi connectivity index (χ1v) is 13.0. The van der Waals surface area contributed by atoms with Crippen LogP contribution in [0.1, 0.15) is 64.4 Å². The minimum atomic E-state index is -0.406. The Morgan fingerprint density at radius 1 is 0.919 bits per heavy atom. The normalized spacial score (nSPS) is 15.0. The van der Waals surface area contributed by atoms with Crippen molar-refractivity contribution in [3.63, 3.8) is 0 Å². The predicted octanol–water partition coefficient (Wildman–Crippen LogP) is 8.12. The Balaban J connectivity index is 1.84. The lowest BCUT2D eigenvalue weighted by atomic mass is 9.97. The van der Waals surface area contributed by atoms with Gasteiger partial charge in [-0.2, -0.15) is 0 Å². The summed E-state index contributed by atoms with van der Waals surface area (Å²) in [6.07, 6.45) is 0. The van der Waals surface area contributed by atoms with Crippen molar-refractivity contribution in [3.8, 4) is 17.1 Å². The molecule has 1 atom stereocenters. The monoisotopic (exact) mass is 533 g/mol. The fourth-order valence-corrected chi connectivity index (χ4v) is 5.64. The smallest absolute Gasteiger partial charge is 0.279 e. The van der Waals surface area contributed by atoms with Gasteiger partial charge in [-0.25, -0.2) is 4.98 Å². The molecule has 0 saturated carbocycles. The maximum atomic E-state index is 14.2. The number of carbonyl (C=O) groups is 1. The zero-order chi connectivity index (χ0) is 26.6. The highest BCUT2D eigenvalue weighted by Crippen LogP contribution is 2.47. The molecule has 0 saturated heterocycles. The second kappa shape index (κ2) is 9.55. The molecule has 1 aliphatic heterocycles. The van der Waals surface area contributed by atoms with Crippen LogP contribution in [0.3, 0.4) is 0 Å². The molecule has 5 nitrogen and oxygen atoms in total. The number of benzene rings is 3. The largest absolute Gasteiger partial charge is 0.496 e. The van der Waals surface area contributed by atoms with Crippen LogP contribution >= 0.6 is 23.2 Å². The summed E-state index contributed by atoms with van der Waals surface area (Å²) in [7, 11) is 1.65. The van der Waals surface area contributed by atoms with Crippen LogP contribution in [0.5, 0.6) is 5.75 Å². The lowest BCUT2D eigenvalue weighted by Crippen LogP contribution is -2.31. The summed E-state index contributed by atoms with van der Waals surface area (Å²) in [5.74, 6) is 1.27. The third-order valence-electron chi connectivity index (χ3n) is 6.96. The molecule has 0 spiro atoms. The number of carbonyl (C=O) groups excluding carboxylic acids is 1. The molecule has 0 N–H and O–H groups in total. The van der Waals surface area contributed by atoms with Crippen LogP contribution in [-0.4, -0.2) is 22.6 Å². The number of halogens is 2. The third kappa shape index (κ3) is 4.20. The first-order valence-electron chi connectivity index (χ1n) is 12.2. The number of rotatable bonds is 5. The first-order chi connectivity index (χ1) is 17.6. The van der Waals surface area contributed by atoms with Crippen molar-refractivity contribution in [1.29, 1.82) is 0 Å². The number of nitrogens with zero attached hydrogens (tertiary/aromatic N) is 3. The first kappa shape index (κ1) is 25.4. The van der Waals surface area contributed by atoms with Crippen LogP contribution in [0.2, 0.25) is 10.0 Å². The third-order valence-corrected chi connectivity index (χ3v) is 7.43. The van der Waals surface area contributed by atoms with E-state index in [-0.39, 0.29) is 11.9 Å². The summed E-state index contributed by atoms with van der Waals surface area (Å²) in [6, 6.07) is 17.1. The molecule has 4 aromatic rings. The molecular weight excluding hydrogens is 505 g/mol. The van der Waals surface area contributed by atoms with E-state index in [4.69, 9.17) is 32.9 Å². The summed E-state index contributed by atoms with van der Waals surface area (Å²) in [5, 5.41) is 1.22. The molecule has 0 radical (unpaired) electrons. The number of hydrogen-bond acceptors (Lipinski definition) is 3. The van der Waals surface area contributed by atoms with Gasteiger partial charge in [-0.05, 0) is 87.7 Å². The van der Waals surface area contributed by atoms with Gasteiger partial charge >= 0.3 is 0 Å². The molecule has 190 valence electrons. The minimum absolute atomic E-state index is 0.0276. The van der Waals surface area contributed by atoms with E-state index in [0.29, 0.717) is 27.3 Å². The molecule has 37 heavy (non-hydrogen) atoms. The van der Waals surface area contributed by atoms with Crippen LogP contribution in [-0.2, 0) is 0 Å². The second-order valence-corrected chi connectivity index (χ2v) is 10.7. The molecule has 1 aromatic heterocycles. The molecule has 5 rings (SSSR count). The molecule has 0 fully saturated rings. The number of methoxy groups -OCH3 is 1. The average molecular weight is 534 g/mol. The highest BCUT2D eigenvalue weighted by atomic mass is 35.5. The Morgan fingerprint density at radius 3 is 2.30 bits per heavy atom. The summed E-state index contributed by atoms with van der Waals surface area (Å²) in [5.41, 5.74) is 6.93. The van der Waals surface area contributed by atoms with E-state index in [1.165, 1.54) is 0 Å². The SMILES string of the molecule is COc1ccc(C)cc1-c1nc2c(n1C(C)C)C(c1ccc(Cl)cc1C)N(c1cc(Cl)ccc1C)C2=O. The van der Waals surface area contributed by atoms with E-state index in [1.807, 2.05) is 74.2 Å². The van der Waals surface area contributed by atoms with Gasteiger partial charge in [-0.15, -0.1) is 0 Å². The van der Waals surface area contributed by atoms with E-state index in [0.717, 1.165) is 39.2 Å². The maximum absolute atomic E-state index is 14.2. The van der Waals surface area contributed by atoms with Gasteiger partial charge in [-0.1, -0.05) is 47.0 Å². The summed E-state index contributed by atoms with van der Waals surface area (Å²) in [6.45, 7) is 10.3. The Bertz CT molecular complexity index is 1540. The average Bonchev–Trinajstić information content (AvgIpc) is 3.36. The highest BCUT2D eigenvalue weighted by molar-refractivity contribution is 6.31.